The van der Waals surface area contributed by atoms with E-state index in [1.54, 1.807) is 16.6 Å². The van der Waals surface area contributed by atoms with E-state index in [1.165, 1.54) is 12.2 Å². The number of carbonyl (C=O) groups excluding carboxylic acids is 2. The van der Waals surface area contributed by atoms with Gasteiger partial charge in [-0.25, -0.2) is 4.79 Å². The fraction of sp³-hybridized carbons (Fsp3) is 0.433. The summed E-state index contributed by atoms with van der Waals surface area (Å²) in [7, 11) is 3.67. The van der Waals surface area contributed by atoms with Crippen molar-refractivity contribution in [1.82, 2.24) is 24.9 Å². The summed E-state index contributed by atoms with van der Waals surface area (Å²) in [5.74, 6) is 1.95. The van der Waals surface area contributed by atoms with Crippen molar-refractivity contribution in [3.8, 4) is 0 Å². The number of hydrogen-bond donors (Lipinski definition) is 2. The molecule has 0 saturated carbocycles. The minimum atomic E-state index is -0.106. The van der Waals surface area contributed by atoms with Crippen molar-refractivity contribution in [3.05, 3.63) is 70.9 Å². The molecule has 3 aromatic rings. The highest BCUT2D eigenvalue weighted by Crippen LogP contribution is 2.30. The SMILES string of the molecule is CSCCCN1CCN(C(=O)NCc2ccc(C(=O)N(C)c3ccccc3Nc3c(C)cnn3C)cc2C)CC1. The van der Waals surface area contributed by atoms with Crippen molar-refractivity contribution in [2.75, 3.05) is 62.0 Å². The second-order valence-electron chi connectivity index (χ2n) is 10.3. The number of urea groups is 1. The number of aromatic nitrogens is 2. The molecule has 2 heterocycles. The summed E-state index contributed by atoms with van der Waals surface area (Å²) in [6, 6.07) is 13.4. The smallest absolute Gasteiger partial charge is 0.317 e. The average molecular weight is 564 g/mol. The summed E-state index contributed by atoms with van der Waals surface area (Å²) in [6.07, 6.45) is 5.13. The van der Waals surface area contributed by atoms with Crippen LogP contribution in [0.4, 0.5) is 22.0 Å². The number of benzene rings is 2. The highest BCUT2D eigenvalue weighted by molar-refractivity contribution is 7.98. The van der Waals surface area contributed by atoms with E-state index in [0.717, 1.165) is 66.6 Å². The molecule has 2 N–H and O–H groups in total. The van der Waals surface area contributed by atoms with Crippen LogP contribution in [0.2, 0.25) is 0 Å². The molecule has 0 bridgehead atoms. The maximum atomic E-state index is 13.5. The van der Waals surface area contributed by atoms with Gasteiger partial charge in [-0.2, -0.15) is 16.9 Å². The van der Waals surface area contributed by atoms with Gasteiger partial charge in [0.1, 0.15) is 5.82 Å². The lowest BCUT2D eigenvalue weighted by atomic mass is 10.0. The number of piperazine rings is 1. The zero-order valence-electron chi connectivity index (χ0n) is 24.2. The average Bonchev–Trinajstić information content (AvgIpc) is 3.28. The Morgan fingerprint density at radius 3 is 2.48 bits per heavy atom. The molecule has 1 saturated heterocycles. The number of para-hydroxylation sites is 2. The normalized spacial score (nSPS) is 13.8. The first-order valence-corrected chi connectivity index (χ1v) is 15.1. The second kappa shape index (κ2) is 13.7. The van der Waals surface area contributed by atoms with Gasteiger partial charge in [-0.1, -0.05) is 18.2 Å². The van der Waals surface area contributed by atoms with Gasteiger partial charge in [-0.05, 0) is 74.2 Å². The summed E-state index contributed by atoms with van der Waals surface area (Å²) in [5, 5.41) is 10.8. The minimum Gasteiger partial charge on any atom is -0.339 e. The highest BCUT2D eigenvalue weighted by atomic mass is 32.2. The van der Waals surface area contributed by atoms with Crippen LogP contribution >= 0.6 is 11.8 Å². The van der Waals surface area contributed by atoms with Gasteiger partial charge < -0.3 is 20.4 Å². The lowest BCUT2D eigenvalue weighted by molar-refractivity contribution is 0.0993. The molecule has 1 aliphatic rings. The summed E-state index contributed by atoms with van der Waals surface area (Å²) >= 11 is 1.88. The van der Waals surface area contributed by atoms with Gasteiger partial charge in [0.25, 0.3) is 5.91 Å². The number of nitrogens with zero attached hydrogens (tertiary/aromatic N) is 5. The Kier molecular flexibility index (Phi) is 10.1. The van der Waals surface area contributed by atoms with Crippen LogP contribution < -0.4 is 15.5 Å². The number of rotatable bonds is 10. The van der Waals surface area contributed by atoms with Gasteiger partial charge in [0.05, 0.1) is 17.6 Å². The van der Waals surface area contributed by atoms with Crippen molar-refractivity contribution in [3.63, 3.8) is 0 Å². The first-order chi connectivity index (χ1) is 19.3. The maximum absolute atomic E-state index is 13.5. The third-order valence-electron chi connectivity index (χ3n) is 7.45. The van der Waals surface area contributed by atoms with Crippen LogP contribution in [0.15, 0.2) is 48.7 Å². The first kappa shape index (κ1) is 29.5. The number of aryl methyl sites for hydroxylation is 3. The van der Waals surface area contributed by atoms with E-state index >= 15 is 0 Å². The summed E-state index contributed by atoms with van der Waals surface area (Å²) < 4.78 is 1.78. The monoisotopic (exact) mass is 563 g/mol. The Hall–Kier alpha value is -3.50. The van der Waals surface area contributed by atoms with E-state index in [4.69, 9.17) is 0 Å². The third-order valence-corrected chi connectivity index (χ3v) is 8.14. The summed E-state index contributed by atoms with van der Waals surface area (Å²) in [6.45, 7) is 8.85. The van der Waals surface area contributed by atoms with Crippen molar-refractivity contribution >= 4 is 40.9 Å². The van der Waals surface area contributed by atoms with Gasteiger partial charge >= 0.3 is 6.03 Å². The fourth-order valence-corrected chi connectivity index (χ4v) is 5.36. The molecule has 2 aromatic carbocycles. The molecule has 214 valence electrons. The Bertz CT molecular complexity index is 1300. The largest absolute Gasteiger partial charge is 0.339 e. The Morgan fingerprint density at radius 1 is 1.05 bits per heavy atom. The van der Waals surface area contributed by atoms with Crippen LogP contribution in [0.1, 0.15) is 33.5 Å². The van der Waals surface area contributed by atoms with E-state index in [1.807, 2.05) is 86.2 Å². The zero-order chi connectivity index (χ0) is 28.6. The molecular formula is C30H41N7O2S. The van der Waals surface area contributed by atoms with Gasteiger partial charge in [-0.15, -0.1) is 0 Å². The number of thioether (sulfide) groups is 1. The Morgan fingerprint density at radius 2 is 1.80 bits per heavy atom. The van der Waals surface area contributed by atoms with Crippen LogP contribution in [-0.4, -0.2) is 83.3 Å². The molecular weight excluding hydrogens is 522 g/mol. The Balaban J connectivity index is 1.35. The van der Waals surface area contributed by atoms with Crippen molar-refractivity contribution < 1.29 is 9.59 Å². The van der Waals surface area contributed by atoms with Crippen LogP contribution in [0.5, 0.6) is 0 Å². The predicted octanol–water partition coefficient (Wildman–Crippen LogP) is 4.64. The van der Waals surface area contributed by atoms with Crippen LogP contribution in [-0.2, 0) is 13.6 Å². The fourth-order valence-electron chi connectivity index (χ4n) is 4.95. The molecule has 1 aliphatic heterocycles. The Labute approximate surface area is 241 Å². The molecule has 3 amide bonds. The van der Waals surface area contributed by atoms with E-state index in [-0.39, 0.29) is 11.9 Å². The number of amides is 3. The standard InChI is InChI=1S/C30H41N7O2S/c1-22-19-24(11-12-25(22)21-31-30(39)37-16-14-36(15-17-37)13-8-18-40-5)29(38)34(3)27-10-7-6-9-26(27)33-28-23(2)20-32-35(28)4/h6-7,9-12,19-20,33H,8,13-18,21H2,1-5H3,(H,31,39). The molecule has 1 aromatic heterocycles. The van der Waals surface area contributed by atoms with E-state index in [0.29, 0.717) is 12.1 Å². The van der Waals surface area contributed by atoms with Gasteiger partial charge in [0.2, 0.25) is 0 Å². The molecule has 0 aliphatic carbocycles. The number of carbonyl (C=O) groups is 2. The van der Waals surface area contributed by atoms with Crippen LogP contribution in [0.3, 0.4) is 0 Å². The van der Waals surface area contributed by atoms with E-state index in [2.05, 4.69) is 26.9 Å². The highest BCUT2D eigenvalue weighted by Gasteiger charge is 2.21. The van der Waals surface area contributed by atoms with Crippen LogP contribution in [0.25, 0.3) is 0 Å². The lowest BCUT2D eigenvalue weighted by Crippen LogP contribution is -2.51. The van der Waals surface area contributed by atoms with Gasteiger partial charge in [0, 0.05) is 57.9 Å². The number of anilines is 3. The molecule has 0 radical (unpaired) electrons. The summed E-state index contributed by atoms with van der Waals surface area (Å²) in [4.78, 5) is 32.2. The first-order valence-electron chi connectivity index (χ1n) is 13.7. The van der Waals surface area contributed by atoms with Gasteiger partial charge in [0.15, 0.2) is 0 Å². The quantitative estimate of drug-likeness (QED) is 0.350. The van der Waals surface area contributed by atoms with Crippen molar-refractivity contribution in [2.24, 2.45) is 7.05 Å². The summed E-state index contributed by atoms with van der Waals surface area (Å²) in [5.41, 5.74) is 5.17. The van der Waals surface area contributed by atoms with Gasteiger partial charge in [-0.3, -0.25) is 14.4 Å². The second-order valence-corrected chi connectivity index (χ2v) is 11.3. The maximum Gasteiger partial charge on any atom is 0.317 e. The molecule has 4 rings (SSSR count). The molecule has 40 heavy (non-hydrogen) atoms. The van der Waals surface area contributed by atoms with Crippen molar-refractivity contribution in [2.45, 2.75) is 26.8 Å². The molecule has 0 unspecified atom stereocenters. The van der Waals surface area contributed by atoms with E-state index in [9.17, 15) is 9.59 Å². The number of hydrogen-bond acceptors (Lipinski definition) is 6. The predicted molar refractivity (Wildman–Crippen MR) is 165 cm³/mol. The molecule has 1 fully saturated rings. The van der Waals surface area contributed by atoms with Crippen LogP contribution in [0, 0.1) is 13.8 Å². The number of nitrogens with one attached hydrogen (secondary N) is 2. The minimum absolute atomic E-state index is 0.0317. The van der Waals surface area contributed by atoms with E-state index < -0.39 is 0 Å². The van der Waals surface area contributed by atoms with Crippen molar-refractivity contribution in [1.29, 1.82) is 0 Å². The molecule has 0 spiro atoms. The topological polar surface area (TPSA) is 85.7 Å². The zero-order valence-corrected chi connectivity index (χ0v) is 25.1. The molecule has 10 heteroatoms. The molecule has 9 nitrogen and oxygen atoms in total. The molecule has 0 atom stereocenters. The lowest BCUT2D eigenvalue weighted by Gasteiger charge is -2.34. The third kappa shape index (κ3) is 7.17.